The number of rotatable bonds is 14. The van der Waals surface area contributed by atoms with Crippen molar-refractivity contribution in [1.29, 1.82) is 0 Å². The Kier molecular flexibility index (Phi) is 11.7. The number of aryl methyl sites for hydroxylation is 1. The summed E-state index contributed by atoms with van der Waals surface area (Å²) in [5.74, 6) is 1.68. The van der Waals surface area contributed by atoms with Crippen LogP contribution in [0.1, 0.15) is 76.7 Å². The first-order valence-corrected chi connectivity index (χ1v) is 11.8. The van der Waals surface area contributed by atoms with Crippen molar-refractivity contribution < 1.29 is 9.78 Å². The van der Waals surface area contributed by atoms with Gasteiger partial charge in [-0.15, -0.1) is 0 Å². The van der Waals surface area contributed by atoms with Crippen molar-refractivity contribution in [3.05, 3.63) is 54.1 Å². The molecule has 0 spiro atoms. The van der Waals surface area contributed by atoms with Gasteiger partial charge in [-0.3, -0.25) is 0 Å². The Hall–Kier alpha value is -0.960. The third-order valence-electron chi connectivity index (χ3n) is 5.09. The predicted octanol–water partition coefficient (Wildman–Crippen LogP) is 6.32. The zero-order valence-corrected chi connectivity index (χ0v) is 19.2. The quantitative estimate of drug-likeness (QED) is 0.166. The zero-order chi connectivity index (χ0) is 19.2. The van der Waals surface area contributed by atoms with Gasteiger partial charge in [0, 0.05) is 0 Å². The fraction of sp³-hybridized carbons (Fsp3) is 0.500. The van der Waals surface area contributed by atoms with Crippen LogP contribution in [-0.4, -0.2) is 27.9 Å². The molecular weight excluding hydrogens is 343 g/mol. The summed E-state index contributed by atoms with van der Waals surface area (Å²) in [6, 6.07) is 16.3. The van der Waals surface area contributed by atoms with Crippen LogP contribution >= 0.6 is 0 Å². The first-order valence-electron chi connectivity index (χ1n) is 10.8. The summed E-state index contributed by atoms with van der Waals surface area (Å²) in [6.45, 7) is 2.28. The Bertz CT molecular complexity index is 642. The van der Waals surface area contributed by atoms with E-state index in [1.165, 1.54) is 72.6 Å². The average Bonchev–Trinajstić information content (AvgIpc) is 2.69. The number of benzene rings is 2. The summed E-state index contributed by atoms with van der Waals surface area (Å²) >= 11 is 0.948. The number of para-hydroxylation sites is 2. The Morgan fingerprint density at radius 1 is 0.630 bits per heavy atom. The van der Waals surface area contributed by atoms with Crippen molar-refractivity contribution in [2.24, 2.45) is 0 Å². The van der Waals surface area contributed by atoms with E-state index in [9.17, 15) is 0 Å². The molecule has 0 N–H and O–H groups in total. The Balaban J connectivity index is 1.65. The van der Waals surface area contributed by atoms with Crippen LogP contribution in [0.4, 0.5) is 0 Å². The molecule has 2 aromatic carbocycles. The topological polar surface area (TPSA) is 18.5 Å². The SMILES string of the molecule is CCCCCCCCCCCCc1ccccc1OOc1cccc[c]1[Na]. The van der Waals surface area contributed by atoms with Gasteiger partial charge >= 0.3 is 145 Å². The van der Waals surface area contributed by atoms with Gasteiger partial charge in [0.05, 0.1) is 0 Å². The van der Waals surface area contributed by atoms with E-state index in [1.54, 1.807) is 0 Å². The summed E-state index contributed by atoms with van der Waals surface area (Å²) in [5.41, 5.74) is 1.24. The molecule has 0 heterocycles. The van der Waals surface area contributed by atoms with Gasteiger partial charge in [-0.1, -0.05) is 39.0 Å². The fourth-order valence-corrected chi connectivity index (χ4v) is 3.78. The van der Waals surface area contributed by atoms with Crippen molar-refractivity contribution in [2.75, 3.05) is 0 Å². The summed E-state index contributed by atoms with van der Waals surface area (Å²) in [4.78, 5) is 11.3. The molecule has 0 aromatic heterocycles. The second-order valence-corrected chi connectivity index (χ2v) is 8.55. The molecule has 0 saturated carbocycles. The van der Waals surface area contributed by atoms with E-state index in [1.807, 2.05) is 30.3 Å². The molecule has 0 fully saturated rings. The van der Waals surface area contributed by atoms with Crippen molar-refractivity contribution in [3.63, 3.8) is 0 Å². The first-order chi connectivity index (χ1) is 13.3. The van der Waals surface area contributed by atoms with Crippen LogP contribution in [-0.2, 0) is 6.42 Å². The van der Waals surface area contributed by atoms with Crippen LogP contribution < -0.4 is 12.6 Å². The van der Waals surface area contributed by atoms with Gasteiger partial charge in [-0.05, 0) is 0 Å². The first kappa shape index (κ1) is 22.3. The third kappa shape index (κ3) is 9.19. The Morgan fingerprint density at radius 2 is 1.15 bits per heavy atom. The molecule has 27 heavy (non-hydrogen) atoms. The Labute approximate surface area is 183 Å². The third-order valence-corrected chi connectivity index (χ3v) is 5.91. The molecule has 0 aliphatic carbocycles. The van der Waals surface area contributed by atoms with Crippen molar-refractivity contribution in [1.82, 2.24) is 0 Å². The average molecular weight is 377 g/mol. The van der Waals surface area contributed by atoms with Crippen LogP contribution in [0.2, 0.25) is 0 Å². The van der Waals surface area contributed by atoms with E-state index in [4.69, 9.17) is 9.78 Å². The second kappa shape index (κ2) is 14.1. The van der Waals surface area contributed by atoms with Crippen LogP contribution in [0.3, 0.4) is 0 Å². The maximum absolute atomic E-state index is 5.67. The molecule has 0 aliphatic rings. The van der Waals surface area contributed by atoms with E-state index in [2.05, 4.69) is 25.1 Å². The molecule has 0 unspecified atom stereocenters. The molecule has 2 nitrogen and oxygen atoms in total. The Morgan fingerprint density at radius 3 is 1.81 bits per heavy atom. The minimum absolute atomic E-state index is 0.831. The molecule has 0 saturated heterocycles. The molecule has 0 bridgehead atoms. The van der Waals surface area contributed by atoms with E-state index in [0.717, 1.165) is 45.9 Å². The number of hydrogen-bond acceptors (Lipinski definition) is 2. The molecule has 0 amide bonds. The second-order valence-electron chi connectivity index (χ2n) is 7.47. The molecule has 0 aliphatic heterocycles. The predicted molar refractivity (Wildman–Crippen MR) is 115 cm³/mol. The molecule has 2 aromatic rings. The molecule has 2 rings (SSSR count). The zero-order valence-electron chi connectivity index (χ0n) is 17.2. The maximum atomic E-state index is 5.67. The molecular formula is C24H33NaO2. The molecule has 0 atom stereocenters. The van der Waals surface area contributed by atoms with Gasteiger partial charge in [0.2, 0.25) is 0 Å². The van der Waals surface area contributed by atoms with Gasteiger partial charge in [0.25, 0.3) is 0 Å². The summed E-state index contributed by atoms with van der Waals surface area (Å²) < 4.78 is 1.21. The van der Waals surface area contributed by atoms with Gasteiger partial charge in [-0.25, -0.2) is 0 Å². The van der Waals surface area contributed by atoms with E-state index >= 15 is 0 Å². The van der Waals surface area contributed by atoms with Crippen molar-refractivity contribution in [3.8, 4) is 11.5 Å². The van der Waals surface area contributed by atoms with E-state index < -0.39 is 0 Å². The standard InChI is InChI=1S/C24H33O2.Na/c1-2-3-4-5-6-7-8-9-10-12-17-22-18-15-16-21-24(22)26-25-23-19-13-11-14-20-23;/h11,13-16,18-19,21H,2-10,12,17H2,1H3;. The van der Waals surface area contributed by atoms with Crippen LogP contribution in [0, 0.1) is 0 Å². The molecule has 142 valence electrons. The van der Waals surface area contributed by atoms with Gasteiger partial charge in [0.1, 0.15) is 0 Å². The van der Waals surface area contributed by atoms with Crippen LogP contribution in [0.5, 0.6) is 11.5 Å². The van der Waals surface area contributed by atoms with E-state index in [0.29, 0.717) is 0 Å². The van der Waals surface area contributed by atoms with E-state index in [-0.39, 0.29) is 0 Å². The monoisotopic (exact) mass is 376 g/mol. The van der Waals surface area contributed by atoms with Crippen LogP contribution in [0.15, 0.2) is 48.5 Å². The molecule has 0 radical (unpaired) electrons. The van der Waals surface area contributed by atoms with Gasteiger partial charge in [0.15, 0.2) is 0 Å². The van der Waals surface area contributed by atoms with Gasteiger partial charge in [-0.2, -0.15) is 0 Å². The fourth-order valence-electron chi connectivity index (χ4n) is 3.33. The van der Waals surface area contributed by atoms with Crippen molar-refractivity contribution in [2.45, 2.75) is 77.6 Å². The van der Waals surface area contributed by atoms with Crippen LogP contribution in [0.25, 0.3) is 0 Å². The normalized spacial score (nSPS) is 10.8. The summed E-state index contributed by atoms with van der Waals surface area (Å²) in [6.07, 6.45) is 14.7. The number of unbranched alkanes of at least 4 members (excludes halogenated alkanes) is 9. The van der Waals surface area contributed by atoms with Gasteiger partial charge < -0.3 is 0 Å². The molecule has 3 heteroatoms. The summed E-state index contributed by atoms with van der Waals surface area (Å²) in [5, 5.41) is 0. The van der Waals surface area contributed by atoms with Crippen molar-refractivity contribution >= 4 is 30.7 Å². The number of hydrogen-bond donors (Lipinski definition) is 0. The minimum atomic E-state index is 0.831. The summed E-state index contributed by atoms with van der Waals surface area (Å²) in [7, 11) is 0.